The molecule has 0 bridgehead atoms. The highest BCUT2D eigenvalue weighted by Gasteiger charge is 2.40. The van der Waals surface area contributed by atoms with Crippen LogP contribution < -0.4 is 53.2 Å². The van der Waals surface area contributed by atoms with Gasteiger partial charge in [-0.05, 0) is 59.8 Å². The second kappa shape index (κ2) is 37.3. The molecule has 0 aromatic carbocycles. The fourth-order valence-corrected chi connectivity index (χ4v) is 9.75. The summed E-state index contributed by atoms with van der Waals surface area (Å²) < 4.78 is 39.0. The Morgan fingerprint density at radius 3 is 1.88 bits per heavy atom. The molecule has 88 heavy (non-hydrogen) atoms. The highest BCUT2D eigenvalue weighted by molar-refractivity contribution is 7.85. The summed E-state index contributed by atoms with van der Waals surface area (Å²) in [7, 11) is -4.84. The Kier molecular flexibility index (Phi) is 31.6. The van der Waals surface area contributed by atoms with Crippen molar-refractivity contribution in [2.75, 3.05) is 12.3 Å². The number of carbonyl (C=O) groups is 11. The summed E-state index contributed by atoms with van der Waals surface area (Å²) in [5.74, 6) is -12.1. The molecule has 32 nitrogen and oxygen atoms in total. The van der Waals surface area contributed by atoms with Gasteiger partial charge < -0.3 is 83.2 Å². The number of esters is 1. The molecule has 1 fully saturated rings. The Labute approximate surface area is 511 Å². The highest BCUT2D eigenvalue weighted by atomic mass is 32.2. The van der Waals surface area contributed by atoms with Crippen LogP contribution in [0.1, 0.15) is 144 Å². The zero-order valence-corrected chi connectivity index (χ0v) is 51.8. The number of nitrogens with one attached hydrogen (secondary N) is 12. The number of aromatic amines is 2. The predicted molar refractivity (Wildman–Crippen MR) is 314 cm³/mol. The maximum atomic E-state index is 14.1. The largest absolute Gasteiger partial charge is 0.458 e. The molecule has 33 heteroatoms. The Balaban J connectivity index is 1.68. The minimum Gasteiger partial charge on any atom is -0.458 e. The van der Waals surface area contributed by atoms with Crippen LogP contribution in [0.25, 0.3) is 0 Å². The first-order valence-corrected chi connectivity index (χ1v) is 31.1. The van der Waals surface area contributed by atoms with E-state index in [2.05, 4.69) is 80.0 Å². The molecule has 13 atom stereocenters. The van der Waals surface area contributed by atoms with Crippen molar-refractivity contribution in [2.24, 2.45) is 5.92 Å². The Morgan fingerprint density at radius 2 is 1.28 bits per heavy atom. The second-order valence-electron chi connectivity index (χ2n) is 22.5. The zero-order valence-electron chi connectivity index (χ0n) is 51.0. The van der Waals surface area contributed by atoms with E-state index in [9.17, 15) is 81.0 Å². The van der Waals surface area contributed by atoms with Gasteiger partial charge in [0.15, 0.2) is 6.04 Å². The number of rotatable bonds is 35. The van der Waals surface area contributed by atoms with E-state index < -0.39 is 166 Å². The standard InChI is InChI=1S/C55H90N14O18S/c1-9-10-11-12-13-14-15-17-37(72)23-43(74)64-41(26-88(84,85)86)52(80)65-38(20-29(2)3)49(77)58-19-16-18-42(73)63-39(21-35-24-56-27-59-35)50(78)61-30(4)47(75)67-44(32(6)70)53(81)69-46-34(8)87-55(83)45(33(7)71)68-48(76)31(5)62-51(79)40(66-54(46)82)22-36-25-57-28-60-36/h24-25,27-34,37-41,44-46,70-72H,9-23,26H2,1-8H3,(H,56,59)(H,57,60)(H,58,77)(H,61,78)(H,62,79)(H,63,73)(H,64,74)(H,65,80)(H,66,82)(H,67,75)(H,68,76)(H,69,81)(H,84,85,86)/t30?,31?,32?,33?,34?,37-,38?,39?,40?,41?,44?,45?,46?/m1/s1. The van der Waals surface area contributed by atoms with E-state index in [4.69, 9.17) is 4.74 Å². The van der Waals surface area contributed by atoms with Crippen LogP contribution in [0, 0.1) is 5.92 Å². The summed E-state index contributed by atoms with van der Waals surface area (Å²) in [6, 6.07) is -14.2. The van der Waals surface area contributed by atoms with Gasteiger partial charge in [-0.15, -0.1) is 0 Å². The first kappa shape index (κ1) is 74.6. The Morgan fingerprint density at radius 1 is 0.670 bits per heavy atom. The van der Waals surface area contributed by atoms with E-state index >= 15 is 0 Å². The molecule has 2 aromatic heterocycles. The van der Waals surface area contributed by atoms with Gasteiger partial charge in [-0.25, -0.2) is 14.8 Å². The van der Waals surface area contributed by atoms with Crippen molar-refractivity contribution in [1.29, 1.82) is 0 Å². The number of aliphatic hydroxyl groups excluding tert-OH is 3. The summed E-state index contributed by atoms with van der Waals surface area (Å²) in [6.45, 7) is 11.4. The highest BCUT2D eigenvalue weighted by Crippen LogP contribution is 2.14. The van der Waals surface area contributed by atoms with Crippen LogP contribution in [-0.4, -0.2) is 204 Å². The number of cyclic esters (lactones) is 1. The number of imidazole rings is 2. The lowest BCUT2D eigenvalue weighted by Crippen LogP contribution is -2.63. The molecule has 1 aliphatic rings. The van der Waals surface area contributed by atoms with Crippen LogP contribution in [0.5, 0.6) is 0 Å². The van der Waals surface area contributed by atoms with E-state index in [0.717, 1.165) is 45.4 Å². The van der Waals surface area contributed by atoms with Gasteiger partial charge in [0.25, 0.3) is 10.1 Å². The zero-order chi connectivity index (χ0) is 65.8. The van der Waals surface area contributed by atoms with Gasteiger partial charge in [0.2, 0.25) is 59.1 Å². The van der Waals surface area contributed by atoms with Crippen molar-refractivity contribution in [1.82, 2.24) is 73.1 Å². The van der Waals surface area contributed by atoms with E-state index in [1.807, 2.05) is 0 Å². The molecule has 3 heterocycles. The van der Waals surface area contributed by atoms with Gasteiger partial charge in [-0.3, -0.25) is 52.5 Å². The van der Waals surface area contributed by atoms with Crippen LogP contribution in [-0.2, 0) is 80.4 Å². The molecule has 16 N–H and O–H groups in total. The number of hydrogen-bond donors (Lipinski definition) is 16. The van der Waals surface area contributed by atoms with Crippen LogP contribution in [0.4, 0.5) is 0 Å². The van der Waals surface area contributed by atoms with E-state index in [1.54, 1.807) is 13.8 Å². The first-order valence-electron chi connectivity index (χ1n) is 29.5. The maximum absolute atomic E-state index is 14.1. The number of hydrogen-bond acceptors (Lipinski definition) is 19. The number of amides is 10. The SMILES string of the molecule is CCCCCCCCC[C@@H](O)CC(=O)NC(CS(=O)(=O)O)C(=O)NC(CC(C)C)C(=O)NCCCC(=O)NC(Cc1cnc[nH]1)C(=O)NC(C)C(=O)NC(C(=O)NC1C(=O)NC(Cc2cnc[nH]2)C(=O)NC(C)C(=O)NC(C(C)O)C(=O)OC1C)C(C)O. The molecule has 2 aromatic rings. The summed E-state index contributed by atoms with van der Waals surface area (Å²) in [5, 5.41) is 55.9. The van der Waals surface area contributed by atoms with Gasteiger partial charge in [-0.1, -0.05) is 65.7 Å². The number of carbonyl (C=O) groups excluding carboxylic acids is 11. The van der Waals surface area contributed by atoms with Crippen LogP contribution in [0.15, 0.2) is 25.0 Å². The lowest BCUT2D eigenvalue weighted by atomic mass is 10.0. The molecule has 10 amide bonds. The van der Waals surface area contributed by atoms with Gasteiger partial charge in [0, 0.05) is 49.6 Å². The van der Waals surface area contributed by atoms with Crippen LogP contribution in [0.2, 0.25) is 0 Å². The minimum atomic E-state index is -4.84. The second-order valence-corrected chi connectivity index (χ2v) is 24.0. The van der Waals surface area contributed by atoms with Crippen molar-refractivity contribution in [3.63, 3.8) is 0 Å². The average molecular weight is 1270 g/mol. The fraction of sp³-hybridized carbons (Fsp3) is 0.691. The van der Waals surface area contributed by atoms with E-state index in [0.29, 0.717) is 24.2 Å². The van der Waals surface area contributed by atoms with E-state index in [-0.39, 0.29) is 44.6 Å². The minimum absolute atomic E-state index is 0.0206. The van der Waals surface area contributed by atoms with Crippen molar-refractivity contribution >= 4 is 75.2 Å². The summed E-state index contributed by atoms with van der Waals surface area (Å²) >= 11 is 0. The maximum Gasteiger partial charge on any atom is 0.331 e. The molecule has 12 unspecified atom stereocenters. The van der Waals surface area contributed by atoms with Gasteiger partial charge in [0.1, 0.15) is 60.2 Å². The van der Waals surface area contributed by atoms with Crippen molar-refractivity contribution in [3.05, 3.63) is 36.4 Å². The Bertz CT molecular complexity index is 2730. The molecule has 0 radical (unpaired) electrons. The summed E-state index contributed by atoms with van der Waals surface area (Å²) in [5.41, 5.74) is 0.745. The van der Waals surface area contributed by atoms with Gasteiger partial charge in [0.05, 0.1) is 37.4 Å². The molecular formula is C55H90N14O18S. The fourth-order valence-electron chi connectivity index (χ4n) is 9.10. The third kappa shape index (κ3) is 27.2. The van der Waals surface area contributed by atoms with E-state index in [1.165, 1.54) is 52.7 Å². The molecule has 1 aliphatic heterocycles. The monoisotopic (exact) mass is 1270 g/mol. The number of aromatic nitrogens is 4. The third-order valence-electron chi connectivity index (χ3n) is 14.0. The number of H-pyrrole nitrogens is 2. The molecular weight excluding hydrogens is 1180 g/mol. The average Bonchev–Trinajstić information content (AvgIpc) is 2.17. The number of ether oxygens (including phenoxy) is 1. The molecule has 0 spiro atoms. The number of nitrogens with zero attached hydrogens (tertiary/aromatic N) is 2. The quantitative estimate of drug-likeness (QED) is 0.0183. The molecule has 0 saturated carbocycles. The predicted octanol–water partition coefficient (Wildman–Crippen LogP) is -3.25. The summed E-state index contributed by atoms with van der Waals surface area (Å²) in [4.78, 5) is 162. The van der Waals surface area contributed by atoms with Crippen molar-refractivity contribution in [3.8, 4) is 0 Å². The van der Waals surface area contributed by atoms with Crippen molar-refractivity contribution in [2.45, 2.75) is 224 Å². The lowest BCUT2D eigenvalue weighted by Gasteiger charge is -2.30. The van der Waals surface area contributed by atoms with Gasteiger partial charge in [-0.2, -0.15) is 8.42 Å². The summed E-state index contributed by atoms with van der Waals surface area (Å²) in [6.07, 6.45) is 5.51. The lowest BCUT2D eigenvalue weighted by molar-refractivity contribution is -0.158. The van der Waals surface area contributed by atoms with Gasteiger partial charge >= 0.3 is 5.97 Å². The van der Waals surface area contributed by atoms with Crippen LogP contribution in [0.3, 0.4) is 0 Å². The molecule has 3 rings (SSSR count). The smallest absolute Gasteiger partial charge is 0.331 e. The molecule has 494 valence electrons. The van der Waals surface area contributed by atoms with Crippen molar-refractivity contribution < 1.29 is 85.8 Å². The first-order chi connectivity index (χ1) is 41.4. The number of aliphatic hydroxyl groups is 3. The normalized spacial score (nSPS) is 20.4. The van der Waals surface area contributed by atoms with Crippen LogP contribution >= 0.6 is 0 Å². The Hall–Kier alpha value is -7.62. The third-order valence-corrected chi connectivity index (χ3v) is 14.8. The molecule has 0 aliphatic carbocycles. The molecule has 1 saturated heterocycles. The number of unbranched alkanes of at least 4 members (excludes halogenated alkanes) is 6. The topological polar surface area (TPSA) is 490 Å².